The number of rotatable bonds is 5. The van der Waals surface area contributed by atoms with Crippen LogP contribution in [0, 0.1) is 11.3 Å². The number of hydrogen-bond donors (Lipinski definition) is 0. The molecule has 0 aliphatic carbocycles. The number of carbonyl (C=O) groups is 2. The molecule has 1 aliphatic heterocycles. The highest BCUT2D eigenvalue weighted by atomic mass is 16.8. The Labute approximate surface area is 138 Å². The molecule has 1 saturated heterocycles. The fraction of sp³-hybridized carbons (Fsp3) is 0.579. The van der Waals surface area contributed by atoms with Crippen LogP contribution in [0.4, 0.5) is 0 Å². The van der Waals surface area contributed by atoms with Crippen molar-refractivity contribution >= 4 is 11.8 Å². The van der Waals surface area contributed by atoms with Crippen molar-refractivity contribution in [3.05, 3.63) is 35.9 Å². The first kappa shape index (κ1) is 17.7. The Bertz CT molecular complexity index is 573. The van der Waals surface area contributed by atoms with E-state index in [0.717, 1.165) is 5.56 Å². The summed E-state index contributed by atoms with van der Waals surface area (Å²) in [6.45, 7) is 9.61. The van der Waals surface area contributed by atoms with Gasteiger partial charge in [-0.25, -0.2) is 4.79 Å². The highest BCUT2D eigenvalue weighted by Gasteiger charge is 2.57. The number of esters is 1. The fourth-order valence-electron chi connectivity index (χ4n) is 2.88. The standard InChI is InChI=1S/C19H26O4/c1-6-15(20)12-13(2)19(14-10-8-7-9-11-14)16(21)22-17(23-19)18(3,4)5/h7-11,13,17H,6,12H2,1-5H3/t13-,17-,19+/m1/s1. The second-order valence-electron chi connectivity index (χ2n) is 7.32. The Kier molecular flexibility index (Phi) is 4.95. The van der Waals surface area contributed by atoms with E-state index in [0.29, 0.717) is 6.42 Å². The number of ketones is 1. The maximum absolute atomic E-state index is 12.8. The molecule has 1 fully saturated rings. The van der Waals surface area contributed by atoms with Crippen molar-refractivity contribution in [3.63, 3.8) is 0 Å². The summed E-state index contributed by atoms with van der Waals surface area (Å²) < 4.78 is 11.8. The zero-order valence-electron chi connectivity index (χ0n) is 14.6. The highest BCUT2D eigenvalue weighted by Crippen LogP contribution is 2.46. The first-order valence-electron chi connectivity index (χ1n) is 8.18. The normalized spacial score (nSPS) is 26.0. The molecule has 0 aromatic heterocycles. The van der Waals surface area contributed by atoms with E-state index in [1.165, 1.54) is 0 Å². The first-order chi connectivity index (χ1) is 10.7. The van der Waals surface area contributed by atoms with Gasteiger partial charge in [0.25, 0.3) is 0 Å². The molecule has 4 heteroatoms. The number of carbonyl (C=O) groups excluding carboxylic acids is 2. The third kappa shape index (κ3) is 3.32. The van der Waals surface area contributed by atoms with Gasteiger partial charge in [0, 0.05) is 24.2 Å². The fourth-order valence-corrected chi connectivity index (χ4v) is 2.88. The van der Waals surface area contributed by atoms with Crippen LogP contribution in [0.5, 0.6) is 0 Å². The summed E-state index contributed by atoms with van der Waals surface area (Å²) in [6.07, 6.45) is 0.110. The van der Waals surface area contributed by atoms with E-state index < -0.39 is 17.9 Å². The van der Waals surface area contributed by atoms with Crippen LogP contribution in [-0.2, 0) is 24.7 Å². The molecule has 0 saturated carbocycles. The minimum absolute atomic E-state index is 0.114. The Morgan fingerprint density at radius 3 is 2.35 bits per heavy atom. The topological polar surface area (TPSA) is 52.6 Å². The zero-order valence-corrected chi connectivity index (χ0v) is 14.6. The first-order valence-corrected chi connectivity index (χ1v) is 8.18. The van der Waals surface area contributed by atoms with Gasteiger partial charge in [-0.2, -0.15) is 0 Å². The van der Waals surface area contributed by atoms with Crippen LogP contribution in [0.3, 0.4) is 0 Å². The lowest BCUT2D eigenvalue weighted by Crippen LogP contribution is -2.42. The number of hydrogen-bond acceptors (Lipinski definition) is 4. The summed E-state index contributed by atoms with van der Waals surface area (Å²) in [5.41, 5.74) is -0.807. The van der Waals surface area contributed by atoms with Crippen LogP contribution in [0.1, 0.15) is 53.0 Å². The van der Waals surface area contributed by atoms with Gasteiger partial charge < -0.3 is 9.47 Å². The number of ether oxygens (including phenoxy) is 2. The van der Waals surface area contributed by atoms with Gasteiger partial charge in [0.05, 0.1) is 0 Å². The zero-order chi connectivity index (χ0) is 17.3. The molecule has 2 rings (SSSR count). The maximum atomic E-state index is 12.8. The Balaban J connectivity index is 2.45. The van der Waals surface area contributed by atoms with Gasteiger partial charge in [-0.3, -0.25) is 4.79 Å². The van der Waals surface area contributed by atoms with Gasteiger partial charge in [0.2, 0.25) is 6.29 Å². The van der Waals surface area contributed by atoms with E-state index in [9.17, 15) is 9.59 Å². The molecule has 3 atom stereocenters. The summed E-state index contributed by atoms with van der Waals surface area (Å²) >= 11 is 0. The van der Waals surface area contributed by atoms with Crippen molar-refractivity contribution < 1.29 is 19.1 Å². The second-order valence-corrected chi connectivity index (χ2v) is 7.32. The van der Waals surface area contributed by atoms with Crippen molar-refractivity contribution in [1.82, 2.24) is 0 Å². The molecule has 1 aromatic carbocycles. The molecule has 0 radical (unpaired) electrons. The molecule has 126 valence electrons. The predicted octanol–water partition coefficient (Wildman–Crippen LogP) is 3.83. The lowest BCUT2D eigenvalue weighted by atomic mass is 9.79. The van der Waals surface area contributed by atoms with Gasteiger partial charge >= 0.3 is 5.97 Å². The lowest BCUT2D eigenvalue weighted by molar-refractivity contribution is -0.162. The van der Waals surface area contributed by atoms with Crippen LogP contribution >= 0.6 is 0 Å². The number of benzene rings is 1. The van der Waals surface area contributed by atoms with Crippen molar-refractivity contribution in [1.29, 1.82) is 0 Å². The van der Waals surface area contributed by atoms with E-state index in [1.807, 2.05) is 65.0 Å². The summed E-state index contributed by atoms with van der Waals surface area (Å²) in [6, 6.07) is 9.35. The van der Waals surface area contributed by atoms with Gasteiger partial charge in [-0.1, -0.05) is 65.0 Å². The third-order valence-corrected chi connectivity index (χ3v) is 4.34. The molecule has 1 aromatic rings. The van der Waals surface area contributed by atoms with Crippen LogP contribution in [0.15, 0.2) is 30.3 Å². The molecule has 4 nitrogen and oxygen atoms in total. The van der Waals surface area contributed by atoms with E-state index in [2.05, 4.69) is 0 Å². The van der Waals surface area contributed by atoms with Gasteiger partial charge in [-0.05, 0) is 5.56 Å². The molecule has 0 amide bonds. The summed E-state index contributed by atoms with van der Waals surface area (Å²) in [5.74, 6) is -0.583. The SMILES string of the molecule is CCC(=O)C[C@@H](C)[C@@]1(c2ccccc2)O[C@H](C(C)(C)C)OC1=O. The average molecular weight is 318 g/mol. The minimum Gasteiger partial charge on any atom is -0.433 e. The van der Waals surface area contributed by atoms with Crippen molar-refractivity contribution in [2.45, 2.75) is 59.4 Å². The van der Waals surface area contributed by atoms with Crippen LogP contribution < -0.4 is 0 Å². The molecule has 0 spiro atoms. The van der Waals surface area contributed by atoms with Gasteiger partial charge in [0.1, 0.15) is 5.78 Å². The quantitative estimate of drug-likeness (QED) is 0.774. The van der Waals surface area contributed by atoms with Crippen LogP contribution in [-0.4, -0.2) is 18.0 Å². The smallest absolute Gasteiger partial charge is 0.345 e. The number of Topliss-reactive ketones (excluding diaryl/α,β-unsaturated/α-hetero) is 1. The molecule has 0 N–H and O–H groups in total. The van der Waals surface area contributed by atoms with E-state index in [4.69, 9.17) is 9.47 Å². The summed E-state index contributed by atoms with van der Waals surface area (Å²) in [4.78, 5) is 24.7. The molecule has 0 unspecified atom stereocenters. The van der Waals surface area contributed by atoms with Crippen LogP contribution in [0.25, 0.3) is 0 Å². The Morgan fingerprint density at radius 1 is 1.26 bits per heavy atom. The van der Waals surface area contributed by atoms with Gasteiger partial charge in [-0.15, -0.1) is 0 Å². The molecular weight excluding hydrogens is 292 g/mol. The Morgan fingerprint density at radius 2 is 1.87 bits per heavy atom. The van der Waals surface area contributed by atoms with Crippen LogP contribution in [0.2, 0.25) is 0 Å². The largest absolute Gasteiger partial charge is 0.433 e. The van der Waals surface area contributed by atoms with Crippen molar-refractivity contribution in [3.8, 4) is 0 Å². The monoisotopic (exact) mass is 318 g/mol. The molecule has 1 aliphatic rings. The lowest BCUT2D eigenvalue weighted by Gasteiger charge is -2.33. The summed E-state index contributed by atoms with van der Waals surface area (Å²) in [7, 11) is 0. The second kappa shape index (κ2) is 6.44. The number of cyclic esters (lactones) is 1. The van der Waals surface area contributed by atoms with Gasteiger partial charge in [0.15, 0.2) is 5.60 Å². The van der Waals surface area contributed by atoms with E-state index >= 15 is 0 Å². The molecular formula is C19H26O4. The maximum Gasteiger partial charge on any atom is 0.345 e. The summed E-state index contributed by atoms with van der Waals surface area (Å²) in [5, 5.41) is 0. The Hall–Kier alpha value is -1.68. The molecule has 0 bridgehead atoms. The molecule has 1 heterocycles. The van der Waals surface area contributed by atoms with Crippen molar-refractivity contribution in [2.24, 2.45) is 11.3 Å². The predicted molar refractivity (Wildman–Crippen MR) is 87.6 cm³/mol. The minimum atomic E-state index is -1.22. The van der Waals surface area contributed by atoms with E-state index in [-0.39, 0.29) is 23.5 Å². The molecule has 23 heavy (non-hydrogen) atoms. The highest BCUT2D eigenvalue weighted by molar-refractivity contribution is 5.85. The van der Waals surface area contributed by atoms with Crippen molar-refractivity contribution in [2.75, 3.05) is 0 Å². The van der Waals surface area contributed by atoms with E-state index in [1.54, 1.807) is 0 Å². The third-order valence-electron chi connectivity index (χ3n) is 4.34. The average Bonchev–Trinajstić information content (AvgIpc) is 2.86.